The van der Waals surface area contributed by atoms with Gasteiger partial charge in [0.1, 0.15) is 0 Å². The summed E-state index contributed by atoms with van der Waals surface area (Å²) >= 11 is 4.51. The SMILES string of the molecule is O=S(Cl)C(F)Cl. The molecule has 0 rings (SSSR count). The zero-order chi connectivity index (χ0) is 5.15. The van der Waals surface area contributed by atoms with Crippen LogP contribution in [0, 0.1) is 0 Å². The first-order chi connectivity index (χ1) is 2.64. The number of rotatable bonds is 1. The van der Waals surface area contributed by atoms with Gasteiger partial charge in [0.15, 0.2) is 10.0 Å². The normalized spacial score (nSPS) is 19.8. The van der Waals surface area contributed by atoms with Crippen molar-refractivity contribution < 1.29 is 8.60 Å². The third kappa shape index (κ3) is 2.87. The summed E-state index contributed by atoms with van der Waals surface area (Å²) in [6.45, 7) is 0. The van der Waals surface area contributed by atoms with Crippen LogP contribution in [0.1, 0.15) is 0 Å². The van der Waals surface area contributed by atoms with Gasteiger partial charge in [-0.05, 0) is 10.7 Å². The van der Waals surface area contributed by atoms with E-state index < -0.39 is 15.0 Å². The molecule has 0 aliphatic carbocycles. The second kappa shape index (κ2) is 2.77. The smallest absolute Gasteiger partial charge is 0.238 e. The van der Waals surface area contributed by atoms with Crippen molar-refractivity contribution in [3.05, 3.63) is 0 Å². The maximum absolute atomic E-state index is 11.2. The second-order valence-electron chi connectivity index (χ2n) is 0.509. The molecule has 0 aromatic rings. The van der Waals surface area contributed by atoms with Gasteiger partial charge in [0, 0.05) is 0 Å². The van der Waals surface area contributed by atoms with Crippen molar-refractivity contribution in [2.45, 2.75) is 4.96 Å². The predicted molar refractivity (Wildman–Crippen MR) is 24.7 cm³/mol. The fraction of sp³-hybridized carbons (Fsp3) is 1.00. The number of halogens is 3. The molecule has 0 saturated carbocycles. The monoisotopic (exact) mass is 150 g/mol. The fourth-order valence-electron chi connectivity index (χ4n) is 0. The van der Waals surface area contributed by atoms with Crippen molar-refractivity contribution in [3.63, 3.8) is 0 Å². The van der Waals surface area contributed by atoms with Crippen LogP contribution in [0.5, 0.6) is 0 Å². The van der Waals surface area contributed by atoms with Gasteiger partial charge in [0.2, 0.25) is 0 Å². The Bertz CT molecular complexity index is 64.6. The summed E-state index contributed by atoms with van der Waals surface area (Å²) in [5, 5.41) is 0. The zero-order valence-electron chi connectivity index (χ0n) is 2.53. The van der Waals surface area contributed by atoms with E-state index >= 15 is 0 Å². The van der Waals surface area contributed by atoms with Gasteiger partial charge in [-0.3, -0.25) is 0 Å². The molecule has 2 atom stereocenters. The molecular weight excluding hydrogens is 150 g/mol. The standard InChI is InChI=1S/CHCl2FOS/c2-1(4)6(3)5/h1H. The molecule has 0 aliphatic rings. The van der Waals surface area contributed by atoms with Crippen LogP contribution in [0.4, 0.5) is 4.39 Å². The summed E-state index contributed by atoms with van der Waals surface area (Å²) in [5.41, 5.74) is 0. The van der Waals surface area contributed by atoms with Crippen molar-refractivity contribution in [2.24, 2.45) is 0 Å². The lowest BCUT2D eigenvalue weighted by Gasteiger charge is -1.82. The third-order valence-electron chi connectivity index (χ3n) is 0.140. The summed E-state index contributed by atoms with van der Waals surface area (Å²) < 4.78 is 20.7. The molecule has 0 aromatic carbocycles. The van der Waals surface area contributed by atoms with E-state index in [1.54, 1.807) is 0 Å². The minimum atomic E-state index is -2.05. The van der Waals surface area contributed by atoms with Gasteiger partial charge >= 0.3 is 0 Å². The molecule has 0 fully saturated rings. The number of hydrogen-bond donors (Lipinski definition) is 0. The largest absolute Gasteiger partial charge is 0.262 e. The van der Waals surface area contributed by atoms with Crippen LogP contribution in [0.3, 0.4) is 0 Å². The Balaban J connectivity index is 3.26. The maximum Gasteiger partial charge on any atom is 0.262 e. The minimum absolute atomic E-state index is 1.94. The Morgan fingerprint density at radius 1 is 1.83 bits per heavy atom. The molecule has 5 heteroatoms. The van der Waals surface area contributed by atoms with Gasteiger partial charge < -0.3 is 0 Å². The van der Waals surface area contributed by atoms with Crippen LogP contribution >= 0.6 is 22.3 Å². The van der Waals surface area contributed by atoms with E-state index in [9.17, 15) is 8.60 Å². The Morgan fingerprint density at radius 2 is 2.00 bits per heavy atom. The van der Waals surface area contributed by atoms with Crippen LogP contribution in [0.2, 0.25) is 0 Å². The molecule has 0 N–H and O–H groups in total. The Hall–Kier alpha value is 0.660. The summed E-state index contributed by atoms with van der Waals surface area (Å²) in [6.07, 6.45) is 0. The molecule has 0 aromatic heterocycles. The molecule has 2 unspecified atom stereocenters. The highest BCUT2D eigenvalue weighted by atomic mass is 35.7. The van der Waals surface area contributed by atoms with Gasteiger partial charge in [-0.1, -0.05) is 11.6 Å². The quantitative estimate of drug-likeness (QED) is 0.408. The van der Waals surface area contributed by atoms with E-state index in [0.29, 0.717) is 0 Å². The van der Waals surface area contributed by atoms with Crippen molar-refractivity contribution in [1.29, 1.82) is 0 Å². The average molecular weight is 151 g/mol. The summed E-state index contributed by atoms with van der Waals surface area (Å²) in [7, 11) is 2.53. The average Bonchev–Trinajstić information content (AvgIpc) is 1.36. The van der Waals surface area contributed by atoms with Crippen LogP contribution in [0.25, 0.3) is 0 Å². The molecule has 0 spiro atoms. The van der Waals surface area contributed by atoms with Gasteiger partial charge in [0.05, 0.1) is 0 Å². The summed E-state index contributed by atoms with van der Waals surface area (Å²) in [5.74, 6) is 0. The highest BCUT2D eigenvalue weighted by Gasteiger charge is 2.04. The molecule has 38 valence electrons. The van der Waals surface area contributed by atoms with Gasteiger partial charge in [-0.25, -0.2) is 8.60 Å². The van der Waals surface area contributed by atoms with Crippen molar-refractivity contribution in [1.82, 2.24) is 0 Å². The zero-order valence-corrected chi connectivity index (χ0v) is 4.86. The highest BCUT2D eigenvalue weighted by Crippen LogP contribution is 2.05. The molecule has 6 heavy (non-hydrogen) atoms. The molecule has 0 aliphatic heterocycles. The molecule has 1 nitrogen and oxygen atoms in total. The lowest BCUT2D eigenvalue weighted by Crippen LogP contribution is -1.88. The fourth-order valence-corrected chi connectivity index (χ4v) is 0. The van der Waals surface area contributed by atoms with E-state index in [-0.39, 0.29) is 0 Å². The van der Waals surface area contributed by atoms with Crippen LogP contribution in [-0.4, -0.2) is 9.17 Å². The predicted octanol–water partition coefficient (Wildman–Crippen LogP) is 1.38. The van der Waals surface area contributed by atoms with E-state index in [1.165, 1.54) is 0 Å². The maximum atomic E-state index is 11.2. The lowest BCUT2D eigenvalue weighted by atomic mass is 11.8. The first kappa shape index (κ1) is 6.66. The topological polar surface area (TPSA) is 17.1 Å². The Labute approximate surface area is 46.4 Å². The third-order valence-corrected chi connectivity index (χ3v) is 1.65. The van der Waals surface area contributed by atoms with E-state index in [4.69, 9.17) is 0 Å². The molecular formula is CHCl2FOS. The van der Waals surface area contributed by atoms with Crippen molar-refractivity contribution >= 4 is 32.3 Å². The van der Waals surface area contributed by atoms with Gasteiger partial charge in [-0.15, -0.1) is 0 Å². The highest BCUT2D eigenvalue weighted by molar-refractivity contribution is 8.09. The van der Waals surface area contributed by atoms with Crippen LogP contribution in [-0.2, 0) is 10.0 Å². The number of alkyl halides is 2. The molecule has 0 saturated heterocycles. The van der Waals surface area contributed by atoms with Crippen molar-refractivity contribution in [2.75, 3.05) is 0 Å². The molecule has 0 heterocycles. The van der Waals surface area contributed by atoms with E-state index in [0.717, 1.165) is 0 Å². The van der Waals surface area contributed by atoms with Crippen LogP contribution < -0.4 is 0 Å². The summed E-state index contributed by atoms with van der Waals surface area (Å²) in [6, 6.07) is 0. The molecule has 0 bridgehead atoms. The Kier molecular flexibility index (Phi) is 3.08. The summed E-state index contributed by atoms with van der Waals surface area (Å²) in [4.78, 5) is -1.94. The first-order valence-corrected chi connectivity index (χ1v) is 3.47. The van der Waals surface area contributed by atoms with Gasteiger partial charge in [0.25, 0.3) is 4.96 Å². The molecule has 0 amide bonds. The van der Waals surface area contributed by atoms with E-state index in [2.05, 4.69) is 22.3 Å². The molecule has 0 radical (unpaired) electrons. The Morgan fingerprint density at radius 3 is 2.00 bits per heavy atom. The second-order valence-corrected chi connectivity index (χ2v) is 2.97. The lowest BCUT2D eigenvalue weighted by molar-refractivity contribution is 0.545. The minimum Gasteiger partial charge on any atom is -0.238 e. The van der Waals surface area contributed by atoms with Crippen molar-refractivity contribution in [3.8, 4) is 0 Å². The van der Waals surface area contributed by atoms with Crippen LogP contribution in [0.15, 0.2) is 0 Å². The number of hydrogen-bond acceptors (Lipinski definition) is 1. The van der Waals surface area contributed by atoms with E-state index in [1.807, 2.05) is 0 Å². The van der Waals surface area contributed by atoms with Gasteiger partial charge in [-0.2, -0.15) is 0 Å². The first-order valence-electron chi connectivity index (χ1n) is 0.993.